The van der Waals surface area contributed by atoms with E-state index < -0.39 is 5.60 Å². The highest BCUT2D eigenvalue weighted by atomic mass is 16.3. The molecule has 6 rings (SSSR count). The molecule has 2 aliphatic heterocycles. The molecule has 0 saturated carbocycles. The van der Waals surface area contributed by atoms with Gasteiger partial charge in [-0.05, 0) is 60.9 Å². The first-order chi connectivity index (χ1) is 20.9. The van der Waals surface area contributed by atoms with E-state index in [1.54, 1.807) is 12.4 Å². The molecular formula is C36H42N4O3. The van der Waals surface area contributed by atoms with Crippen molar-refractivity contribution in [2.45, 2.75) is 57.1 Å². The van der Waals surface area contributed by atoms with Crippen LogP contribution in [0.5, 0.6) is 0 Å². The smallest absolute Gasteiger partial charge is 0.271 e. The van der Waals surface area contributed by atoms with Crippen LogP contribution in [0.2, 0.25) is 0 Å². The van der Waals surface area contributed by atoms with Gasteiger partial charge in [-0.2, -0.15) is 0 Å². The molecule has 2 amide bonds. The summed E-state index contributed by atoms with van der Waals surface area (Å²) >= 11 is 0. The number of nitrogens with zero attached hydrogens (tertiary/aromatic N) is 4. The lowest BCUT2D eigenvalue weighted by molar-refractivity contribution is -0.136. The predicted molar refractivity (Wildman–Crippen MR) is 169 cm³/mol. The lowest BCUT2D eigenvalue weighted by Crippen LogP contribution is -2.49. The lowest BCUT2D eigenvalue weighted by Gasteiger charge is -2.39. The van der Waals surface area contributed by atoms with Gasteiger partial charge in [0, 0.05) is 56.8 Å². The minimum absolute atomic E-state index is 0.0347. The Hall–Kier alpha value is -4.23. The molecule has 0 spiro atoms. The maximum Gasteiger partial charge on any atom is 0.271 e. The standard InChI is InChI=1S/C31H37N3O3.C5H5N/c1-24(25-10-4-2-5-11-25)22-28(35)32-20-15-31(37,16-21-32)23-34-19-14-27(26-12-6-3-7-13-26)29(34)30(36)33-17-8-9-18-33;1-2-4-6-5-3-1/h2-7,10-14,19,24,37H,8-9,15-18,20-23H2,1H3;1-5H. The maximum atomic E-state index is 13.6. The summed E-state index contributed by atoms with van der Waals surface area (Å²) in [5, 5.41) is 11.6. The van der Waals surface area contributed by atoms with Crippen molar-refractivity contribution in [2.24, 2.45) is 0 Å². The third-order valence-corrected chi connectivity index (χ3v) is 8.57. The molecule has 1 unspecified atom stereocenters. The van der Waals surface area contributed by atoms with E-state index in [1.165, 1.54) is 5.56 Å². The number of piperidine rings is 1. The van der Waals surface area contributed by atoms with Crippen molar-refractivity contribution in [2.75, 3.05) is 26.2 Å². The Balaban J connectivity index is 0.000000548. The summed E-state index contributed by atoms with van der Waals surface area (Å²) in [5.41, 5.74) is 2.76. The van der Waals surface area contributed by atoms with E-state index in [0.29, 0.717) is 44.6 Å². The number of amides is 2. The first-order valence-electron chi connectivity index (χ1n) is 15.4. The van der Waals surface area contributed by atoms with E-state index in [2.05, 4.69) is 24.0 Å². The second-order valence-electron chi connectivity index (χ2n) is 11.7. The number of likely N-dealkylation sites (tertiary alicyclic amines) is 2. The fourth-order valence-corrected chi connectivity index (χ4v) is 6.01. The molecule has 43 heavy (non-hydrogen) atoms. The summed E-state index contributed by atoms with van der Waals surface area (Å²) in [4.78, 5) is 34.2. The van der Waals surface area contributed by atoms with Gasteiger partial charge in [0.05, 0.1) is 12.1 Å². The maximum absolute atomic E-state index is 13.6. The van der Waals surface area contributed by atoms with E-state index >= 15 is 0 Å². The van der Waals surface area contributed by atoms with Gasteiger partial charge in [0.25, 0.3) is 5.91 Å². The van der Waals surface area contributed by atoms with Gasteiger partial charge >= 0.3 is 0 Å². The van der Waals surface area contributed by atoms with E-state index in [-0.39, 0.29) is 17.7 Å². The fraction of sp³-hybridized carbons (Fsp3) is 0.361. The molecule has 4 aromatic rings. The summed E-state index contributed by atoms with van der Waals surface area (Å²) in [6.07, 6.45) is 8.95. The predicted octanol–water partition coefficient (Wildman–Crippen LogP) is 6.02. The number of aliphatic hydroxyl groups is 1. The third kappa shape index (κ3) is 7.79. The van der Waals surface area contributed by atoms with Gasteiger partial charge in [0.1, 0.15) is 5.69 Å². The average molecular weight is 579 g/mol. The Labute approximate surface area is 254 Å². The summed E-state index contributed by atoms with van der Waals surface area (Å²) in [6, 6.07) is 27.8. The minimum atomic E-state index is -0.963. The summed E-state index contributed by atoms with van der Waals surface area (Å²) in [6.45, 7) is 5.04. The van der Waals surface area contributed by atoms with Crippen molar-refractivity contribution in [3.63, 3.8) is 0 Å². The lowest BCUT2D eigenvalue weighted by atomic mass is 9.90. The van der Waals surface area contributed by atoms with Crippen LogP contribution in [0.15, 0.2) is 104 Å². The van der Waals surface area contributed by atoms with Crippen LogP contribution in [0.4, 0.5) is 0 Å². The van der Waals surface area contributed by atoms with Crippen molar-refractivity contribution < 1.29 is 14.7 Å². The topological polar surface area (TPSA) is 78.7 Å². The van der Waals surface area contributed by atoms with Crippen molar-refractivity contribution in [3.05, 3.63) is 115 Å². The van der Waals surface area contributed by atoms with Gasteiger partial charge in [-0.3, -0.25) is 14.6 Å². The van der Waals surface area contributed by atoms with Crippen LogP contribution in [0.25, 0.3) is 11.1 Å². The molecule has 1 N–H and O–H groups in total. The van der Waals surface area contributed by atoms with E-state index in [0.717, 1.165) is 37.1 Å². The summed E-state index contributed by atoms with van der Waals surface area (Å²) < 4.78 is 1.94. The van der Waals surface area contributed by atoms with Gasteiger partial charge < -0.3 is 19.5 Å². The number of pyridine rings is 1. The number of hydrogen-bond donors (Lipinski definition) is 1. The van der Waals surface area contributed by atoms with Crippen LogP contribution in [0.3, 0.4) is 0 Å². The van der Waals surface area contributed by atoms with Crippen molar-refractivity contribution in [1.29, 1.82) is 0 Å². The summed E-state index contributed by atoms with van der Waals surface area (Å²) in [5.74, 6) is 0.327. The number of carbonyl (C=O) groups excluding carboxylic acids is 2. The molecule has 2 aromatic heterocycles. The quantitative estimate of drug-likeness (QED) is 0.291. The Bertz CT molecular complexity index is 1420. The zero-order valence-corrected chi connectivity index (χ0v) is 25.0. The van der Waals surface area contributed by atoms with Gasteiger partial charge in [-0.25, -0.2) is 0 Å². The largest absolute Gasteiger partial charge is 0.388 e. The van der Waals surface area contributed by atoms with Crippen molar-refractivity contribution in [1.82, 2.24) is 19.4 Å². The van der Waals surface area contributed by atoms with Crippen molar-refractivity contribution >= 4 is 11.8 Å². The third-order valence-electron chi connectivity index (χ3n) is 8.57. The highest BCUT2D eigenvalue weighted by Gasteiger charge is 2.36. The van der Waals surface area contributed by atoms with Crippen LogP contribution in [-0.2, 0) is 11.3 Å². The van der Waals surface area contributed by atoms with Crippen LogP contribution >= 0.6 is 0 Å². The van der Waals surface area contributed by atoms with E-state index in [1.807, 2.05) is 93.4 Å². The SMILES string of the molecule is CC(CC(=O)N1CCC(O)(Cn2ccc(-c3ccccc3)c2C(=O)N2CCCC2)CC1)c1ccccc1.c1ccncc1. The molecular weight excluding hydrogens is 536 g/mol. The monoisotopic (exact) mass is 578 g/mol. The zero-order chi connectivity index (χ0) is 30.1. The molecule has 7 nitrogen and oxygen atoms in total. The number of aromatic nitrogens is 2. The number of benzene rings is 2. The second kappa shape index (κ2) is 14.3. The van der Waals surface area contributed by atoms with E-state index in [4.69, 9.17) is 0 Å². The Morgan fingerprint density at radius 2 is 1.42 bits per heavy atom. The molecule has 2 aromatic carbocycles. The average Bonchev–Trinajstić information content (AvgIpc) is 3.74. The molecule has 7 heteroatoms. The number of carbonyl (C=O) groups is 2. The van der Waals surface area contributed by atoms with Gasteiger partial charge in [0.15, 0.2) is 0 Å². The van der Waals surface area contributed by atoms with E-state index in [9.17, 15) is 14.7 Å². The highest BCUT2D eigenvalue weighted by Crippen LogP contribution is 2.31. The molecule has 224 valence electrons. The second-order valence-corrected chi connectivity index (χ2v) is 11.7. The Kier molecular flexibility index (Phi) is 10.1. The zero-order valence-electron chi connectivity index (χ0n) is 25.0. The molecule has 4 heterocycles. The van der Waals surface area contributed by atoms with Crippen molar-refractivity contribution in [3.8, 4) is 11.1 Å². The Morgan fingerprint density at radius 3 is 2.00 bits per heavy atom. The van der Waals surface area contributed by atoms with Crippen LogP contribution in [0.1, 0.15) is 61.0 Å². The molecule has 1 atom stereocenters. The first-order valence-corrected chi connectivity index (χ1v) is 15.4. The van der Waals surface area contributed by atoms with Gasteiger partial charge in [0.2, 0.25) is 5.91 Å². The first kappa shape index (κ1) is 30.2. The highest BCUT2D eigenvalue weighted by molar-refractivity contribution is 5.99. The van der Waals surface area contributed by atoms with Crippen LogP contribution in [-0.4, -0.2) is 68.1 Å². The van der Waals surface area contributed by atoms with Gasteiger partial charge in [-0.1, -0.05) is 73.7 Å². The fourth-order valence-electron chi connectivity index (χ4n) is 6.01. The molecule has 0 aliphatic carbocycles. The number of rotatable bonds is 7. The molecule has 0 radical (unpaired) electrons. The minimum Gasteiger partial charge on any atom is -0.388 e. The molecule has 2 aliphatic rings. The molecule has 2 saturated heterocycles. The number of hydrogen-bond acceptors (Lipinski definition) is 4. The van der Waals surface area contributed by atoms with Gasteiger partial charge in [-0.15, -0.1) is 0 Å². The Morgan fingerprint density at radius 1 is 0.814 bits per heavy atom. The molecule has 0 bridgehead atoms. The van der Waals surface area contributed by atoms with Crippen LogP contribution < -0.4 is 0 Å². The molecule has 2 fully saturated rings. The normalized spacial score (nSPS) is 16.7. The van der Waals surface area contributed by atoms with Crippen LogP contribution in [0, 0.1) is 0 Å². The summed E-state index contributed by atoms with van der Waals surface area (Å²) in [7, 11) is 0.